The van der Waals surface area contributed by atoms with Crippen molar-refractivity contribution in [3.63, 3.8) is 0 Å². The number of anilines is 1. The Bertz CT molecular complexity index is 1480. The van der Waals surface area contributed by atoms with Gasteiger partial charge in [0.05, 0.1) is 24.5 Å². The van der Waals surface area contributed by atoms with Crippen LogP contribution in [0.1, 0.15) is 17.5 Å². The number of rotatable bonds is 5. The number of ether oxygens (including phenoxy) is 4. The number of benzene rings is 3. The van der Waals surface area contributed by atoms with Crippen LogP contribution in [0.15, 0.2) is 60.8 Å². The van der Waals surface area contributed by atoms with Crippen LogP contribution in [0.5, 0.6) is 23.0 Å². The zero-order chi connectivity index (χ0) is 23.9. The Hall–Kier alpha value is -4.26. The fourth-order valence-electron chi connectivity index (χ4n) is 4.83. The summed E-state index contributed by atoms with van der Waals surface area (Å²) in [5.41, 5.74) is 11.1. The number of methoxy groups -OCH3 is 1. The topological polar surface area (TPSA) is 83.9 Å². The Labute approximate surface area is 202 Å². The number of aromatic nitrogens is 1. The van der Waals surface area contributed by atoms with Gasteiger partial charge < -0.3 is 24.7 Å². The number of pyridine rings is 1. The third-order valence-electron chi connectivity index (χ3n) is 6.67. The lowest BCUT2D eigenvalue weighted by molar-refractivity contribution is -0.686. The van der Waals surface area contributed by atoms with E-state index in [0.29, 0.717) is 23.6 Å². The molecular weight excluding hydrogens is 444 g/mol. The molecule has 0 bridgehead atoms. The lowest BCUT2D eigenvalue weighted by Crippen LogP contribution is -2.40. The maximum atomic E-state index is 12.8. The normalized spacial score (nSPS) is 13.3. The van der Waals surface area contributed by atoms with Crippen LogP contribution in [0.25, 0.3) is 22.0 Å². The highest BCUT2D eigenvalue weighted by Crippen LogP contribution is 2.41. The van der Waals surface area contributed by atoms with E-state index in [0.717, 1.165) is 52.1 Å². The van der Waals surface area contributed by atoms with Crippen molar-refractivity contribution in [1.82, 2.24) is 0 Å². The molecule has 0 atom stereocenters. The third-order valence-corrected chi connectivity index (χ3v) is 6.67. The number of carbonyl (C=O) groups excluding carboxylic acids is 1. The van der Waals surface area contributed by atoms with Crippen LogP contribution >= 0.6 is 0 Å². The second-order valence-electron chi connectivity index (χ2n) is 8.74. The quantitative estimate of drug-likeness (QED) is 0.204. The van der Waals surface area contributed by atoms with Gasteiger partial charge in [-0.25, -0.2) is 0 Å². The molecule has 2 aliphatic heterocycles. The molecule has 7 heteroatoms. The number of fused-ring (bicyclic) bond motifs is 5. The highest BCUT2D eigenvalue weighted by atomic mass is 16.7. The molecule has 3 heterocycles. The summed E-state index contributed by atoms with van der Waals surface area (Å²) in [6.45, 7) is 1.05. The van der Waals surface area contributed by atoms with Gasteiger partial charge in [-0.2, -0.15) is 4.57 Å². The van der Waals surface area contributed by atoms with Crippen molar-refractivity contribution in [2.45, 2.75) is 25.8 Å². The van der Waals surface area contributed by atoms with E-state index < -0.39 is 0 Å². The molecule has 6 rings (SSSR count). The van der Waals surface area contributed by atoms with E-state index in [4.69, 9.17) is 24.7 Å². The van der Waals surface area contributed by atoms with Crippen LogP contribution in [0.4, 0.5) is 5.69 Å². The average molecular weight is 470 g/mol. The van der Waals surface area contributed by atoms with Crippen LogP contribution in [0, 0.1) is 0 Å². The second kappa shape index (κ2) is 8.51. The van der Waals surface area contributed by atoms with Gasteiger partial charge in [-0.3, -0.25) is 4.79 Å². The number of esters is 1. The highest BCUT2D eigenvalue weighted by molar-refractivity contribution is 5.93. The summed E-state index contributed by atoms with van der Waals surface area (Å²) in [7, 11) is 1.58. The molecule has 0 unspecified atom stereocenters. The van der Waals surface area contributed by atoms with Gasteiger partial charge in [0.2, 0.25) is 12.5 Å². The van der Waals surface area contributed by atoms with Gasteiger partial charge in [0.25, 0.3) is 0 Å². The first-order valence-electron chi connectivity index (χ1n) is 11.6. The molecule has 0 radical (unpaired) electrons. The summed E-state index contributed by atoms with van der Waals surface area (Å²) in [6, 6.07) is 17.6. The minimum atomic E-state index is -0.333. The van der Waals surface area contributed by atoms with Gasteiger partial charge in [0, 0.05) is 18.2 Å². The minimum Gasteiger partial charge on any atom is -0.493 e. The van der Waals surface area contributed by atoms with Gasteiger partial charge in [0.1, 0.15) is 0 Å². The van der Waals surface area contributed by atoms with E-state index in [1.54, 1.807) is 7.11 Å². The Morgan fingerprint density at radius 3 is 2.74 bits per heavy atom. The van der Waals surface area contributed by atoms with Crippen molar-refractivity contribution in [3.8, 4) is 34.3 Å². The van der Waals surface area contributed by atoms with Crippen LogP contribution in [-0.2, 0) is 24.2 Å². The van der Waals surface area contributed by atoms with E-state index in [2.05, 4.69) is 16.7 Å². The van der Waals surface area contributed by atoms with Gasteiger partial charge in [0.15, 0.2) is 35.7 Å². The number of para-hydroxylation sites is 1. The molecule has 0 aliphatic carbocycles. The van der Waals surface area contributed by atoms with Crippen molar-refractivity contribution in [1.29, 1.82) is 0 Å². The number of aryl methyl sites for hydroxylation is 3. The standard InChI is InChI=1S/C28H25N2O5/c1-32-24-8-6-18-12-23-20-14-26-25(33-16-34-26)13-19(20)10-11-30(23)15-21(18)28(24)35-27(31)9-7-17-4-2-3-5-22(17)29/h2-6,8,12-15H,7,9-11,16,29H2,1H3/q+1. The molecular formula is C28H25N2O5+. The maximum Gasteiger partial charge on any atom is 0.311 e. The Balaban J connectivity index is 1.35. The van der Waals surface area contributed by atoms with E-state index in [1.165, 1.54) is 5.56 Å². The molecule has 0 saturated carbocycles. The van der Waals surface area contributed by atoms with E-state index in [-0.39, 0.29) is 19.2 Å². The molecule has 7 nitrogen and oxygen atoms in total. The average Bonchev–Trinajstić information content (AvgIpc) is 3.33. The molecule has 0 spiro atoms. The predicted molar refractivity (Wildman–Crippen MR) is 131 cm³/mol. The Morgan fingerprint density at radius 2 is 1.91 bits per heavy atom. The van der Waals surface area contributed by atoms with Crippen molar-refractivity contribution in [2.24, 2.45) is 0 Å². The van der Waals surface area contributed by atoms with Crippen LogP contribution in [-0.4, -0.2) is 19.9 Å². The highest BCUT2D eigenvalue weighted by Gasteiger charge is 2.29. The Kier molecular flexibility index (Phi) is 5.17. The predicted octanol–water partition coefficient (Wildman–Crippen LogP) is 4.21. The SMILES string of the molecule is COc1ccc2cc3[n+](cc2c1OC(=O)CCc1ccccc1N)CCc1cc2c(cc1-3)OCO2. The third kappa shape index (κ3) is 3.79. The van der Waals surface area contributed by atoms with Gasteiger partial charge in [-0.1, -0.05) is 18.2 Å². The van der Waals surface area contributed by atoms with E-state index in [1.807, 2.05) is 48.7 Å². The fraction of sp³-hybridized carbons (Fsp3) is 0.214. The van der Waals surface area contributed by atoms with Crippen LogP contribution in [0.3, 0.4) is 0 Å². The molecule has 35 heavy (non-hydrogen) atoms. The smallest absolute Gasteiger partial charge is 0.311 e. The first kappa shape index (κ1) is 21.3. The molecule has 4 aromatic rings. The van der Waals surface area contributed by atoms with Crippen LogP contribution in [0.2, 0.25) is 0 Å². The molecule has 0 amide bonds. The molecule has 176 valence electrons. The number of nitrogens with two attached hydrogens (primary N) is 1. The maximum absolute atomic E-state index is 12.8. The first-order chi connectivity index (χ1) is 17.1. The Morgan fingerprint density at radius 1 is 1.09 bits per heavy atom. The largest absolute Gasteiger partial charge is 0.493 e. The van der Waals surface area contributed by atoms with Crippen molar-refractivity contribution in [2.75, 3.05) is 19.6 Å². The lowest BCUT2D eigenvalue weighted by atomic mass is 9.95. The lowest BCUT2D eigenvalue weighted by Gasteiger charge is -2.17. The summed E-state index contributed by atoms with van der Waals surface area (Å²) in [4.78, 5) is 12.8. The number of carbonyl (C=O) groups is 1. The molecule has 1 aromatic heterocycles. The molecule has 0 saturated heterocycles. The fourth-order valence-corrected chi connectivity index (χ4v) is 4.83. The monoisotopic (exact) mass is 469 g/mol. The molecule has 2 N–H and O–H groups in total. The number of nitrogen functional groups attached to an aromatic ring is 1. The number of nitrogens with zero attached hydrogens (tertiary/aromatic N) is 1. The molecule has 3 aromatic carbocycles. The summed E-state index contributed by atoms with van der Waals surface area (Å²) < 4.78 is 24.8. The summed E-state index contributed by atoms with van der Waals surface area (Å²) in [6.07, 6.45) is 3.63. The van der Waals surface area contributed by atoms with Gasteiger partial charge in [-0.15, -0.1) is 0 Å². The van der Waals surface area contributed by atoms with E-state index >= 15 is 0 Å². The zero-order valence-electron chi connectivity index (χ0n) is 19.4. The summed E-state index contributed by atoms with van der Waals surface area (Å²) in [5.74, 6) is 2.18. The van der Waals surface area contributed by atoms with Gasteiger partial charge in [-0.05, 0) is 53.3 Å². The molecule has 0 fully saturated rings. The van der Waals surface area contributed by atoms with Gasteiger partial charge >= 0.3 is 5.97 Å². The van der Waals surface area contributed by atoms with Crippen LogP contribution < -0.4 is 29.2 Å². The number of hydrogen-bond acceptors (Lipinski definition) is 6. The minimum absolute atomic E-state index is 0.215. The summed E-state index contributed by atoms with van der Waals surface area (Å²) >= 11 is 0. The first-order valence-corrected chi connectivity index (χ1v) is 11.6. The van der Waals surface area contributed by atoms with Crippen molar-refractivity contribution < 1.29 is 28.3 Å². The summed E-state index contributed by atoms with van der Waals surface area (Å²) in [5, 5.41) is 1.78. The number of hydrogen-bond donors (Lipinski definition) is 1. The second-order valence-corrected chi connectivity index (χ2v) is 8.74. The molecule has 2 aliphatic rings. The van der Waals surface area contributed by atoms with Crippen molar-refractivity contribution in [3.05, 3.63) is 71.9 Å². The van der Waals surface area contributed by atoms with Crippen molar-refractivity contribution >= 4 is 22.4 Å². The van der Waals surface area contributed by atoms with E-state index in [9.17, 15) is 4.79 Å². The zero-order valence-corrected chi connectivity index (χ0v) is 19.4.